The Bertz CT molecular complexity index is 322. The number of hydrogen-bond acceptors (Lipinski definition) is 3. The number of amides is 1. The lowest BCUT2D eigenvalue weighted by molar-refractivity contribution is -0.143. The van der Waals surface area contributed by atoms with Crippen molar-refractivity contribution in [3.8, 4) is 0 Å². The topological polar surface area (TPSA) is 75.6 Å². The van der Waals surface area contributed by atoms with Crippen LogP contribution in [0.4, 0.5) is 4.79 Å². The predicted molar refractivity (Wildman–Crippen MR) is 71.9 cm³/mol. The Labute approximate surface area is 114 Å². The molecule has 0 unspecified atom stereocenters. The summed E-state index contributed by atoms with van der Waals surface area (Å²) in [5.74, 6) is -1.09. The second-order valence-corrected chi connectivity index (χ2v) is 6.23. The van der Waals surface area contributed by atoms with Gasteiger partial charge >= 0.3 is 12.1 Å². The van der Waals surface area contributed by atoms with Crippen molar-refractivity contribution in [2.45, 2.75) is 58.5 Å². The maximum atomic E-state index is 11.6. The molecule has 0 heterocycles. The maximum Gasteiger partial charge on any atom is 0.407 e. The minimum atomic E-state index is -0.752. The van der Waals surface area contributed by atoms with E-state index in [0.29, 0.717) is 13.0 Å². The molecule has 2 N–H and O–H groups in total. The fourth-order valence-corrected chi connectivity index (χ4v) is 2.48. The van der Waals surface area contributed by atoms with Gasteiger partial charge in [0, 0.05) is 6.54 Å². The van der Waals surface area contributed by atoms with Gasteiger partial charge in [0.15, 0.2) is 0 Å². The zero-order valence-electron chi connectivity index (χ0n) is 12.1. The number of carbonyl (C=O) groups excluding carboxylic acids is 1. The highest BCUT2D eigenvalue weighted by Crippen LogP contribution is 2.28. The van der Waals surface area contributed by atoms with Gasteiger partial charge in [0.1, 0.15) is 5.60 Å². The van der Waals surface area contributed by atoms with Crippen molar-refractivity contribution in [3.05, 3.63) is 0 Å². The van der Waals surface area contributed by atoms with Crippen LogP contribution in [-0.2, 0) is 9.53 Å². The minimum absolute atomic E-state index is 0.00696. The number of carboxylic acids is 1. The van der Waals surface area contributed by atoms with Gasteiger partial charge in [-0.05, 0) is 39.5 Å². The third kappa shape index (κ3) is 5.94. The Morgan fingerprint density at radius 3 is 2.42 bits per heavy atom. The van der Waals surface area contributed by atoms with E-state index < -0.39 is 17.7 Å². The van der Waals surface area contributed by atoms with Gasteiger partial charge in [-0.15, -0.1) is 0 Å². The van der Waals surface area contributed by atoms with Gasteiger partial charge in [-0.2, -0.15) is 0 Å². The van der Waals surface area contributed by atoms with Crippen molar-refractivity contribution < 1.29 is 19.4 Å². The zero-order chi connectivity index (χ0) is 14.5. The number of carbonyl (C=O) groups is 2. The summed E-state index contributed by atoms with van der Waals surface area (Å²) in [4.78, 5) is 22.8. The number of carboxylic acid groups (broad SMARTS) is 1. The fourth-order valence-electron chi connectivity index (χ4n) is 2.48. The van der Waals surface area contributed by atoms with E-state index in [4.69, 9.17) is 4.74 Å². The molecule has 5 heteroatoms. The first-order chi connectivity index (χ1) is 8.79. The molecule has 0 aliphatic heterocycles. The number of aliphatic carboxylic acids is 1. The number of nitrogens with one attached hydrogen (secondary N) is 1. The summed E-state index contributed by atoms with van der Waals surface area (Å²) < 4.78 is 5.16. The van der Waals surface area contributed by atoms with E-state index in [-0.39, 0.29) is 11.8 Å². The Morgan fingerprint density at radius 2 is 1.84 bits per heavy atom. The average Bonchev–Trinajstić information content (AvgIpc) is 2.48. The van der Waals surface area contributed by atoms with Crippen molar-refractivity contribution in [2.24, 2.45) is 11.8 Å². The van der Waals surface area contributed by atoms with Gasteiger partial charge in [-0.25, -0.2) is 4.79 Å². The molecule has 110 valence electrons. The fraction of sp³-hybridized carbons (Fsp3) is 0.857. The van der Waals surface area contributed by atoms with Gasteiger partial charge in [0.2, 0.25) is 0 Å². The Morgan fingerprint density at radius 1 is 1.21 bits per heavy atom. The Kier molecular flexibility index (Phi) is 5.63. The molecule has 0 aromatic carbocycles. The maximum absolute atomic E-state index is 11.6. The first kappa shape index (κ1) is 15.8. The molecule has 19 heavy (non-hydrogen) atoms. The highest BCUT2D eigenvalue weighted by atomic mass is 16.6. The Hall–Kier alpha value is -1.26. The van der Waals surface area contributed by atoms with Crippen LogP contribution >= 0.6 is 0 Å². The van der Waals surface area contributed by atoms with Crippen LogP contribution in [0.25, 0.3) is 0 Å². The summed E-state index contributed by atoms with van der Waals surface area (Å²) in [6.07, 6.45) is 4.15. The predicted octanol–water partition coefficient (Wildman–Crippen LogP) is 2.79. The summed E-state index contributed by atoms with van der Waals surface area (Å²) >= 11 is 0. The molecule has 5 nitrogen and oxygen atoms in total. The first-order valence-corrected chi connectivity index (χ1v) is 6.99. The molecule has 1 aliphatic carbocycles. The quantitative estimate of drug-likeness (QED) is 0.774. The minimum Gasteiger partial charge on any atom is -0.481 e. The monoisotopic (exact) mass is 271 g/mol. The smallest absolute Gasteiger partial charge is 0.407 e. The average molecular weight is 271 g/mol. The lowest BCUT2D eigenvalue weighted by Gasteiger charge is -2.24. The van der Waals surface area contributed by atoms with E-state index in [1.807, 2.05) is 0 Å². The summed E-state index contributed by atoms with van der Waals surface area (Å²) in [5, 5.41) is 11.9. The summed E-state index contributed by atoms with van der Waals surface area (Å²) in [5.41, 5.74) is -0.528. The zero-order valence-corrected chi connectivity index (χ0v) is 12.1. The number of alkyl carbamates (subject to hydrolysis) is 1. The molecular weight excluding hydrogens is 246 g/mol. The summed E-state index contributed by atoms with van der Waals surface area (Å²) in [6.45, 7) is 5.79. The lowest BCUT2D eigenvalue weighted by atomic mass is 9.88. The van der Waals surface area contributed by atoms with Gasteiger partial charge in [-0.1, -0.05) is 19.3 Å². The van der Waals surface area contributed by atoms with Gasteiger partial charge in [-0.3, -0.25) is 4.79 Å². The van der Waals surface area contributed by atoms with E-state index in [9.17, 15) is 14.7 Å². The second-order valence-electron chi connectivity index (χ2n) is 6.23. The molecule has 1 aliphatic rings. The van der Waals surface area contributed by atoms with Crippen molar-refractivity contribution in [2.75, 3.05) is 6.54 Å². The normalized spacial score (nSPS) is 24.4. The van der Waals surface area contributed by atoms with Crippen LogP contribution in [0, 0.1) is 11.8 Å². The van der Waals surface area contributed by atoms with E-state index in [0.717, 1.165) is 25.7 Å². The number of rotatable bonds is 3. The SMILES string of the molecule is CC(C)(C)OC(=O)NC[C@@H]1CCCCC[C@H]1C(=O)O. The van der Waals surface area contributed by atoms with E-state index in [1.54, 1.807) is 20.8 Å². The van der Waals surface area contributed by atoms with E-state index in [2.05, 4.69) is 5.32 Å². The van der Waals surface area contributed by atoms with Crippen LogP contribution in [0.3, 0.4) is 0 Å². The van der Waals surface area contributed by atoms with Crippen molar-refractivity contribution in [1.82, 2.24) is 5.32 Å². The molecule has 0 radical (unpaired) electrons. The standard InChI is InChI=1S/C14H25NO4/c1-14(2,3)19-13(18)15-9-10-7-5-4-6-8-11(10)12(16)17/h10-11H,4-9H2,1-3H3,(H,15,18)(H,16,17)/t10-,11+/m0/s1. The van der Waals surface area contributed by atoms with Crippen molar-refractivity contribution in [1.29, 1.82) is 0 Å². The van der Waals surface area contributed by atoms with Crippen molar-refractivity contribution in [3.63, 3.8) is 0 Å². The number of ether oxygens (including phenoxy) is 1. The van der Waals surface area contributed by atoms with Crippen LogP contribution in [0.5, 0.6) is 0 Å². The van der Waals surface area contributed by atoms with Crippen LogP contribution in [0.1, 0.15) is 52.9 Å². The Balaban J connectivity index is 2.48. The third-order valence-electron chi connectivity index (χ3n) is 3.38. The summed E-state index contributed by atoms with van der Waals surface area (Å²) in [6, 6.07) is 0. The van der Waals surface area contributed by atoms with E-state index in [1.165, 1.54) is 0 Å². The molecule has 0 saturated heterocycles. The molecule has 1 fully saturated rings. The van der Waals surface area contributed by atoms with Crippen LogP contribution in [0.15, 0.2) is 0 Å². The molecule has 0 spiro atoms. The van der Waals surface area contributed by atoms with Crippen LogP contribution in [0.2, 0.25) is 0 Å². The molecule has 2 atom stereocenters. The van der Waals surface area contributed by atoms with E-state index >= 15 is 0 Å². The molecule has 1 saturated carbocycles. The second kappa shape index (κ2) is 6.78. The highest BCUT2D eigenvalue weighted by molar-refractivity contribution is 5.71. The van der Waals surface area contributed by atoms with Crippen molar-refractivity contribution >= 4 is 12.1 Å². The summed E-state index contributed by atoms with van der Waals surface area (Å²) in [7, 11) is 0. The molecule has 0 aromatic heterocycles. The largest absolute Gasteiger partial charge is 0.481 e. The molecule has 1 rings (SSSR count). The third-order valence-corrected chi connectivity index (χ3v) is 3.38. The van der Waals surface area contributed by atoms with Gasteiger partial charge in [0.05, 0.1) is 5.92 Å². The van der Waals surface area contributed by atoms with Crippen LogP contribution < -0.4 is 5.32 Å². The molecular formula is C14H25NO4. The molecule has 1 amide bonds. The number of hydrogen-bond donors (Lipinski definition) is 2. The first-order valence-electron chi connectivity index (χ1n) is 6.99. The highest BCUT2D eigenvalue weighted by Gasteiger charge is 2.30. The lowest BCUT2D eigenvalue weighted by Crippen LogP contribution is -2.38. The molecule has 0 bridgehead atoms. The van der Waals surface area contributed by atoms with Gasteiger partial charge in [0.25, 0.3) is 0 Å². The van der Waals surface area contributed by atoms with Gasteiger partial charge < -0.3 is 15.2 Å². The van der Waals surface area contributed by atoms with Crippen LogP contribution in [-0.4, -0.2) is 29.3 Å². The molecule has 0 aromatic rings.